The fourth-order valence-corrected chi connectivity index (χ4v) is 3.52. The molecule has 27 heavy (non-hydrogen) atoms. The Kier molecular flexibility index (Phi) is 4.54. The van der Waals surface area contributed by atoms with Crippen molar-refractivity contribution in [3.63, 3.8) is 0 Å². The SMILES string of the molecule is Cc1c(-c2ccccc2)oc2c(C(=O)N3CCN(C)CC3)cccc2c1=O. The molecule has 1 aliphatic heterocycles. The normalized spacial score (nSPS) is 15.3. The van der Waals surface area contributed by atoms with Gasteiger partial charge < -0.3 is 14.2 Å². The number of hydrogen-bond donors (Lipinski definition) is 0. The lowest BCUT2D eigenvalue weighted by Crippen LogP contribution is -2.47. The first kappa shape index (κ1) is 17.5. The minimum Gasteiger partial charge on any atom is -0.455 e. The van der Waals surface area contributed by atoms with Gasteiger partial charge in [-0.2, -0.15) is 0 Å². The van der Waals surface area contributed by atoms with Gasteiger partial charge in [-0.15, -0.1) is 0 Å². The number of piperazine rings is 1. The van der Waals surface area contributed by atoms with Gasteiger partial charge >= 0.3 is 0 Å². The fourth-order valence-electron chi connectivity index (χ4n) is 3.52. The molecule has 1 saturated heterocycles. The smallest absolute Gasteiger partial charge is 0.257 e. The van der Waals surface area contributed by atoms with Crippen LogP contribution in [0.4, 0.5) is 0 Å². The third-order valence-corrected chi connectivity index (χ3v) is 5.20. The summed E-state index contributed by atoms with van der Waals surface area (Å²) in [5.41, 5.74) is 2.11. The highest BCUT2D eigenvalue weighted by Crippen LogP contribution is 2.28. The van der Waals surface area contributed by atoms with Crippen molar-refractivity contribution >= 4 is 16.9 Å². The Bertz CT molecular complexity index is 1050. The molecule has 0 saturated carbocycles. The number of rotatable bonds is 2. The average Bonchev–Trinajstić information content (AvgIpc) is 2.71. The number of likely N-dealkylation sites (N-methyl/N-ethyl adjacent to an activating group) is 1. The van der Waals surface area contributed by atoms with E-state index in [0.29, 0.717) is 40.9 Å². The van der Waals surface area contributed by atoms with Crippen LogP contribution in [0.2, 0.25) is 0 Å². The van der Waals surface area contributed by atoms with Crippen LogP contribution in [0.3, 0.4) is 0 Å². The quantitative estimate of drug-likeness (QED) is 0.703. The highest BCUT2D eigenvalue weighted by atomic mass is 16.3. The van der Waals surface area contributed by atoms with Gasteiger partial charge in [0.1, 0.15) is 5.76 Å². The minimum absolute atomic E-state index is 0.0836. The zero-order valence-corrected chi connectivity index (χ0v) is 15.6. The monoisotopic (exact) mass is 362 g/mol. The molecule has 0 atom stereocenters. The van der Waals surface area contributed by atoms with E-state index in [1.165, 1.54) is 0 Å². The molecule has 1 amide bonds. The lowest BCUT2D eigenvalue weighted by molar-refractivity contribution is 0.0665. The first-order chi connectivity index (χ1) is 13.1. The summed E-state index contributed by atoms with van der Waals surface area (Å²) < 4.78 is 6.17. The van der Waals surface area contributed by atoms with E-state index in [4.69, 9.17) is 4.42 Å². The van der Waals surface area contributed by atoms with Crippen LogP contribution in [0.5, 0.6) is 0 Å². The molecule has 1 fully saturated rings. The predicted molar refractivity (Wildman–Crippen MR) is 106 cm³/mol. The Morgan fingerprint density at radius 2 is 1.67 bits per heavy atom. The zero-order valence-electron chi connectivity index (χ0n) is 15.6. The summed E-state index contributed by atoms with van der Waals surface area (Å²) in [5, 5.41) is 0.451. The van der Waals surface area contributed by atoms with Gasteiger partial charge in [-0.1, -0.05) is 36.4 Å². The van der Waals surface area contributed by atoms with Gasteiger partial charge in [-0.3, -0.25) is 9.59 Å². The molecule has 0 unspecified atom stereocenters. The summed E-state index contributed by atoms with van der Waals surface area (Å²) >= 11 is 0. The van der Waals surface area contributed by atoms with Crippen molar-refractivity contribution in [2.45, 2.75) is 6.92 Å². The molecule has 2 aromatic carbocycles. The molecular formula is C22H22N2O3. The van der Waals surface area contributed by atoms with Gasteiger partial charge in [-0.25, -0.2) is 0 Å². The van der Waals surface area contributed by atoms with Crippen LogP contribution in [0.25, 0.3) is 22.3 Å². The van der Waals surface area contributed by atoms with Gasteiger partial charge in [0.15, 0.2) is 11.0 Å². The number of fused-ring (bicyclic) bond motifs is 1. The van der Waals surface area contributed by atoms with Gasteiger partial charge in [0.05, 0.1) is 10.9 Å². The average molecular weight is 362 g/mol. The maximum atomic E-state index is 13.1. The molecule has 2 heterocycles. The van der Waals surface area contributed by atoms with E-state index < -0.39 is 0 Å². The number of para-hydroxylation sites is 1. The van der Waals surface area contributed by atoms with E-state index in [2.05, 4.69) is 4.90 Å². The molecule has 1 aliphatic rings. The molecule has 1 aromatic heterocycles. The third-order valence-electron chi connectivity index (χ3n) is 5.20. The number of nitrogens with zero attached hydrogens (tertiary/aromatic N) is 2. The number of hydrogen-bond acceptors (Lipinski definition) is 4. The summed E-state index contributed by atoms with van der Waals surface area (Å²) in [6.07, 6.45) is 0. The summed E-state index contributed by atoms with van der Waals surface area (Å²) in [4.78, 5) is 30.1. The molecule has 0 aliphatic carbocycles. The van der Waals surface area contributed by atoms with Gasteiger partial charge in [-0.05, 0) is 26.1 Å². The fraction of sp³-hybridized carbons (Fsp3) is 0.273. The Balaban J connectivity index is 1.86. The first-order valence-corrected chi connectivity index (χ1v) is 9.16. The highest BCUT2D eigenvalue weighted by molar-refractivity contribution is 6.05. The number of amides is 1. The second-order valence-corrected chi connectivity index (χ2v) is 7.03. The molecule has 138 valence electrons. The number of benzene rings is 2. The van der Waals surface area contributed by atoms with Crippen molar-refractivity contribution in [1.29, 1.82) is 0 Å². The van der Waals surface area contributed by atoms with Crippen molar-refractivity contribution < 1.29 is 9.21 Å². The number of carbonyl (C=O) groups excluding carboxylic acids is 1. The molecule has 5 heteroatoms. The highest BCUT2D eigenvalue weighted by Gasteiger charge is 2.24. The Morgan fingerprint density at radius 3 is 2.37 bits per heavy atom. The summed E-state index contributed by atoms with van der Waals surface area (Å²) in [7, 11) is 2.05. The van der Waals surface area contributed by atoms with E-state index in [1.807, 2.05) is 42.3 Å². The number of carbonyl (C=O) groups is 1. The topological polar surface area (TPSA) is 53.8 Å². The maximum absolute atomic E-state index is 13.1. The second-order valence-electron chi connectivity index (χ2n) is 7.03. The summed E-state index contributed by atoms with van der Waals surface area (Å²) in [6.45, 7) is 4.80. The van der Waals surface area contributed by atoms with Crippen LogP contribution < -0.4 is 5.43 Å². The van der Waals surface area contributed by atoms with E-state index in [0.717, 1.165) is 18.7 Å². The molecule has 0 N–H and O–H groups in total. The third kappa shape index (κ3) is 3.15. The Labute approximate surface area is 157 Å². The minimum atomic E-state index is -0.0943. The van der Waals surface area contributed by atoms with Crippen LogP contribution >= 0.6 is 0 Å². The lowest BCUT2D eigenvalue weighted by atomic mass is 10.0. The predicted octanol–water partition coefficient (Wildman–Crippen LogP) is 3.16. The summed E-state index contributed by atoms with van der Waals surface area (Å²) in [5.74, 6) is 0.437. The van der Waals surface area contributed by atoms with Crippen LogP contribution in [0.1, 0.15) is 15.9 Å². The van der Waals surface area contributed by atoms with Crippen LogP contribution in [0.15, 0.2) is 57.7 Å². The molecular weight excluding hydrogens is 340 g/mol. The van der Waals surface area contributed by atoms with Crippen molar-refractivity contribution in [3.05, 3.63) is 69.9 Å². The van der Waals surface area contributed by atoms with Gasteiger partial charge in [0.2, 0.25) is 0 Å². The van der Waals surface area contributed by atoms with Crippen LogP contribution in [0, 0.1) is 6.92 Å². The van der Waals surface area contributed by atoms with Gasteiger partial charge in [0.25, 0.3) is 5.91 Å². The Hall–Kier alpha value is -2.92. The van der Waals surface area contributed by atoms with E-state index >= 15 is 0 Å². The standard InChI is InChI=1S/C22H22N2O3/c1-15-19(25)17-9-6-10-18(22(26)24-13-11-23(2)12-14-24)21(17)27-20(15)16-7-4-3-5-8-16/h3-10H,11-14H2,1-2H3. The van der Waals surface area contributed by atoms with Crippen molar-refractivity contribution in [3.8, 4) is 11.3 Å². The molecule has 0 radical (unpaired) electrons. The molecule has 0 spiro atoms. The summed E-state index contributed by atoms with van der Waals surface area (Å²) in [6, 6.07) is 14.8. The first-order valence-electron chi connectivity index (χ1n) is 9.16. The van der Waals surface area contributed by atoms with Gasteiger partial charge in [0, 0.05) is 37.3 Å². The second kappa shape index (κ2) is 7.00. The molecule has 3 aromatic rings. The van der Waals surface area contributed by atoms with E-state index in [9.17, 15) is 9.59 Å². The lowest BCUT2D eigenvalue weighted by Gasteiger charge is -2.32. The Morgan fingerprint density at radius 1 is 0.963 bits per heavy atom. The van der Waals surface area contributed by atoms with E-state index in [1.54, 1.807) is 25.1 Å². The maximum Gasteiger partial charge on any atom is 0.257 e. The van der Waals surface area contributed by atoms with E-state index in [-0.39, 0.29) is 11.3 Å². The molecule has 0 bridgehead atoms. The van der Waals surface area contributed by atoms with Crippen LogP contribution in [-0.2, 0) is 0 Å². The zero-order chi connectivity index (χ0) is 19.0. The van der Waals surface area contributed by atoms with Crippen LogP contribution in [-0.4, -0.2) is 48.9 Å². The van der Waals surface area contributed by atoms with Crippen molar-refractivity contribution in [2.75, 3.05) is 33.2 Å². The molecule has 4 rings (SSSR count). The van der Waals surface area contributed by atoms with Crippen molar-refractivity contribution in [1.82, 2.24) is 9.80 Å². The molecule has 5 nitrogen and oxygen atoms in total. The van der Waals surface area contributed by atoms with Crippen molar-refractivity contribution in [2.24, 2.45) is 0 Å². The largest absolute Gasteiger partial charge is 0.455 e.